The molecule has 0 aromatic carbocycles. The largest absolute Gasteiger partial charge is 0.400 e. The summed E-state index contributed by atoms with van der Waals surface area (Å²) in [5.41, 5.74) is 0. The van der Waals surface area contributed by atoms with Crippen LogP contribution in [-0.4, -0.2) is 18.1 Å². The van der Waals surface area contributed by atoms with Crippen molar-refractivity contribution in [2.24, 2.45) is 5.92 Å². The fourth-order valence-corrected chi connectivity index (χ4v) is 1.40. The Hall–Kier alpha value is -1.00. The van der Waals surface area contributed by atoms with Crippen molar-refractivity contribution < 1.29 is 18.0 Å². The molecule has 0 heterocycles. The molecule has 86 valence electrons. The maximum Gasteiger partial charge on any atom is 0.400 e. The van der Waals surface area contributed by atoms with Gasteiger partial charge in [0.25, 0.3) is 0 Å². The minimum Gasteiger partial charge on any atom is -0.353 e. The third-order valence-electron chi connectivity index (χ3n) is 2.50. The zero-order valence-electron chi connectivity index (χ0n) is 8.47. The number of amides is 1. The van der Waals surface area contributed by atoms with Crippen molar-refractivity contribution in [3.05, 3.63) is 12.2 Å². The normalized spacial score (nSPS) is 23.6. The molecule has 1 aliphatic rings. The van der Waals surface area contributed by atoms with E-state index in [2.05, 4.69) is 5.32 Å². The molecular weight excluding hydrogens is 207 g/mol. The van der Waals surface area contributed by atoms with Gasteiger partial charge in [-0.1, -0.05) is 12.2 Å². The number of nitrogens with one attached hydrogen (secondary N) is 1. The summed E-state index contributed by atoms with van der Waals surface area (Å²) in [7, 11) is 0. The number of alkyl halides is 3. The molecular formula is C10H14F3NO. The van der Waals surface area contributed by atoms with Crippen molar-refractivity contribution >= 4 is 5.91 Å². The van der Waals surface area contributed by atoms with Gasteiger partial charge < -0.3 is 5.32 Å². The molecule has 1 amide bonds. The maximum absolute atomic E-state index is 12.2. The Morgan fingerprint density at radius 3 is 2.60 bits per heavy atom. The third-order valence-corrected chi connectivity index (χ3v) is 2.50. The van der Waals surface area contributed by atoms with Crippen LogP contribution in [0.3, 0.4) is 0 Å². The zero-order chi connectivity index (χ0) is 11.5. The SMILES string of the molecule is C[C@@H](C(=O)N[C@H]1CC=CCC1)C(F)(F)F. The second-order valence-electron chi connectivity index (χ2n) is 3.75. The number of carbonyl (C=O) groups excluding carboxylic acids is 1. The molecule has 0 aromatic heterocycles. The number of allylic oxidation sites excluding steroid dienone is 1. The summed E-state index contributed by atoms with van der Waals surface area (Å²) in [6.07, 6.45) is 1.55. The highest BCUT2D eigenvalue weighted by molar-refractivity contribution is 5.79. The fourth-order valence-electron chi connectivity index (χ4n) is 1.40. The van der Waals surface area contributed by atoms with Crippen LogP contribution in [0.25, 0.3) is 0 Å². The second-order valence-corrected chi connectivity index (χ2v) is 3.75. The van der Waals surface area contributed by atoms with Gasteiger partial charge in [0.05, 0.1) is 0 Å². The lowest BCUT2D eigenvalue weighted by molar-refractivity contribution is -0.179. The lowest BCUT2D eigenvalue weighted by Gasteiger charge is -2.22. The Morgan fingerprint density at radius 2 is 2.13 bits per heavy atom. The van der Waals surface area contributed by atoms with Crippen LogP contribution in [-0.2, 0) is 4.79 Å². The molecule has 0 aliphatic heterocycles. The molecule has 1 N–H and O–H groups in total. The molecule has 5 heteroatoms. The van der Waals surface area contributed by atoms with Crippen LogP contribution in [0.1, 0.15) is 26.2 Å². The van der Waals surface area contributed by atoms with E-state index >= 15 is 0 Å². The number of carbonyl (C=O) groups is 1. The van der Waals surface area contributed by atoms with Crippen molar-refractivity contribution in [2.45, 2.75) is 38.4 Å². The predicted molar refractivity (Wildman–Crippen MR) is 50.1 cm³/mol. The molecule has 0 radical (unpaired) electrons. The summed E-state index contributed by atoms with van der Waals surface area (Å²) in [5.74, 6) is -2.86. The van der Waals surface area contributed by atoms with E-state index in [1.54, 1.807) is 0 Å². The van der Waals surface area contributed by atoms with Crippen LogP contribution in [0.15, 0.2) is 12.2 Å². The first-order chi connectivity index (χ1) is 6.91. The fraction of sp³-hybridized carbons (Fsp3) is 0.700. The average Bonchev–Trinajstić information content (AvgIpc) is 2.16. The zero-order valence-corrected chi connectivity index (χ0v) is 8.47. The molecule has 2 nitrogen and oxygen atoms in total. The Bertz CT molecular complexity index is 260. The van der Waals surface area contributed by atoms with Gasteiger partial charge in [0.15, 0.2) is 0 Å². The van der Waals surface area contributed by atoms with Crippen LogP contribution in [0.2, 0.25) is 0 Å². The average molecular weight is 221 g/mol. The van der Waals surface area contributed by atoms with E-state index in [1.165, 1.54) is 0 Å². The van der Waals surface area contributed by atoms with E-state index in [0.717, 1.165) is 13.3 Å². The highest BCUT2D eigenvalue weighted by Gasteiger charge is 2.41. The highest BCUT2D eigenvalue weighted by atomic mass is 19.4. The summed E-state index contributed by atoms with van der Waals surface area (Å²) >= 11 is 0. The Labute approximate surface area is 86.5 Å². The molecule has 0 spiro atoms. The molecule has 2 atom stereocenters. The molecule has 1 aliphatic carbocycles. The van der Waals surface area contributed by atoms with Gasteiger partial charge in [0.1, 0.15) is 5.92 Å². The maximum atomic E-state index is 12.2. The Morgan fingerprint density at radius 1 is 1.47 bits per heavy atom. The van der Waals surface area contributed by atoms with Gasteiger partial charge in [-0.3, -0.25) is 4.79 Å². The molecule has 1 rings (SSSR count). The Kier molecular flexibility index (Phi) is 3.77. The molecule has 15 heavy (non-hydrogen) atoms. The van der Waals surface area contributed by atoms with E-state index in [-0.39, 0.29) is 6.04 Å². The number of hydrogen-bond acceptors (Lipinski definition) is 1. The van der Waals surface area contributed by atoms with Crippen LogP contribution < -0.4 is 5.32 Å². The summed E-state index contributed by atoms with van der Waals surface area (Å²) in [5, 5.41) is 2.41. The standard InChI is InChI=1S/C10H14F3NO/c1-7(10(11,12)13)9(15)14-8-5-3-2-4-6-8/h2-3,7-8H,4-6H2,1H3,(H,14,15)/t7-,8-/m0/s1. The predicted octanol–water partition coefficient (Wildman–Crippen LogP) is 2.41. The second kappa shape index (κ2) is 4.68. The minimum absolute atomic E-state index is 0.146. The van der Waals surface area contributed by atoms with E-state index < -0.39 is 18.0 Å². The Balaban J connectivity index is 2.44. The van der Waals surface area contributed by atoms with Gasteiger partial charge in [-0.05, 0) is 26.2 Å². The lowest BCUT2D eigenvalue weighted by Crippen LogP contribution is -2.43. The van der Waals surface area contributed by atoms with Crippen molar-refractivity contribution in [1.29, 1.82) is 0 Å². The summed E-state index contributed by atoms with van der Waals surface area (Å²) in [6.45, 7) is 0.883. The number of hydrogen-bond donors (Lipinski definition) is 1. The van der Waals surface area contributed by atoms with Gasteiger partial charge in [-0.2, -0.15) is 13.2 Å². The molecule has 0 saturated heterocycles. The lowest BCUT2D eigenvalue weighted by atomic mass is 10.0. The van der Waals surface area contributed by atoms with Crippen LogP contribution >= 0.6 is 0 Å². The first-order valence-electron chi connectivity index (χ1n) is 4.93. The minimum atomic E-state index is -4.45. The van der Waals surface area contributed by atoms with Crippen molar-refractivity contribution in [3.8, 4) is 0 Å². The van der Waals surface area contributed by atoms with Gasteiger partial charge in [-0.25, -0.2) is 0 Å². The highest BCUT2D eigenvalue weighted by Crippen LogP contribution is 2.26. The van der Waals surface area contributed by atoms with Crippen molar-refractivity contribution in [2.75, 3.05) is 0 Å². The summed E-state index contributed by atoms with van der Waals surface area (Å²) in [6, 6.07) is -0.146. The summed E-state index contributed by atoms with van der Waals surface area (Å²) < 4.78 is 36.5. The monoisotopic (exact) mass is 221 g/mol. The van der Waals surface area contributed by atoms with Crippen LogP contribution in [0.4, 0.5) is 13.2 Å². The molecule has 0 fully saturated rings. The van der Waals surface area contributed by atoms with Gasteiger partial charge in [0.2, 0.25) is 5.91 Å². The molecule has 0 saturated carbocycles. The topological polar surface area (TPSA) is 29.1 Å². The van der Waals surface area contributed by atoms with Crippen molar-refractivity contribution in [1.82, 2.24) is 5.32 Å². The molecule has 0 bridgehead atoms. The van der Waals surface area contributed by atoms with E-state index in [1.807, 2.05) is 12.2 Å². The van der Waals surface area contributed by atoms with E-state index in [4.69, 9.17) is 0 Å². The van der Waals surface area contributed by atoms with E-state index in [9.17, 15) is 18.0 Å². The van der Waals surface area contributed by atoms with Gasteiger partial charge >= 0.3 is 6.18 Å². The smallest absolute Gasteiger partial charge is 0.353 e. The first kappa shape index (κ1) is 12.1. The number of rotatable bonds is 2. The van der Waals surface area contributed by atoms with Gasteiger partial charge in [-0.15, -0.1) is 0 Å². The summed E-state index contributed by atoms with van der Waals surface area (Å²) in [4.78, 5) is 11.2. The van der Waals surface area contributed by atoms with Crippen LogP contribution in [0, 0.1) is 5.92 Å². The molecule has 0 unspecified atom stereocenters. The van der Waals surface area contributed by atoms with Crippen LogP contribution in [0.5, 0.6) is 0 Å². The third kappa shape index (κ3) is 3.57. The van der Waals surface area contributed by atoms with E-state index in [0.29, 0.717) is 12.8 Å². The number of halogens is 3. The first-order valence-corrected chi connectivity index (χ1v) is 4.93. The van der Waals surface area contributed by atoms with Crippen molar-refractivity contribution in [3.63, 3.8) is 0 Å². The molecule has 0 aromatic rings. The quantitative estimate of drug-likeness (QED) is 0.713. The van der Waals surface area contributed by atoms with Gasteiger partial charge in [0, 0.05) is 6.04 Å².